The van der Waals surface area contributed by atoms with Crippen molar-refractivity contribution in [3.05, 3.63) is 53.6 Å². The quantitative estimate of drug-likeness (QED) is 0.746. The Hall–Kier alpha value is -2.75. The summed E-state index contributed by atoms with van der Waals surface area (Å²) in [5, 5.41) is 14.4. The molecule has 0 fully saturated rings. The van der Waals surface area contributed by atoms with Crippen molar-refractivity contribution in [3.8, 4) is 0 Å². The lowest BCUT2D eigenvalue weighted by Crippen LogP contribution is -2.45. The Kier molecular flexibility index (Phi) is 3.87. The molecule has 0 aliphatic rings. The van der Waals surface area contributed by atoms with Gasteiger partial charge in [0.15, 0.2) is 5.82 Å². The number of nitrogens with zero attached hydrogens (tertiary/aromatic N) is 4. The minimum absolute atomic E-state index is 0.0359. The zero-order valence-corrected chi connectivity index (χ0v) is 13.4. The second-order valence-corrected chi connectivity index (χ2v) is 5.68. The highest BCUT2D eigenvalue weighted by Gasteiger charge is 2.60. The number of aryl methyl sites for hydroxylation is 2. The van der Waals surface area contributed by atoms with Gasteiger partial charge in [0.05, 0.1) is 11.8 Å². The molecule has 0 spiro atoms. The molecule has 10 heteroatoms. The maximum absolute atomic E-state index is 13.7. The van der Waals surface area contributed by atoms with E-state index in [-0.39, 0.29) is 12.4 Å². The summed E-state index contributed by atoms with van der Waals surface area (Å²) in [6.07, 6.45) is -1.68. The van der Waals surface area contributed by atoms with Crippen molar-refractivity contribution in [2.45, 2.75) is 25.2 Å². The standard InChI is InChI=1S/C15H16F3N5O2/c1-9-3-4-10(25-9)8-23-12(19)11(7-21-23)14(24,15(16,17)18)13-20-5-6-22(13)2/h3-7,24H,8,19H2,1-2H3. The third-order valence-electron chi connectivity index (χ3n) is 3.93. The fourth-order valence-electron chi connectivity index (χ4n) is 2.63. The summed E-state index contributed by atoms with van der Waals surface area (Å²) in [6.45, 7) is 1.78. The second kappa shape index (κ2) is 5.66. The van der Waals surface area contributed by atoms with E-state index >= 15 is 0 Å². The number of nitrogen functional groups attached to an aromatic ring is 1. The number of rotatable bonds is 4. The Labute approximate surface area is 140 Å². The van der Waals surface area contributed by atoms with Gasteiger partial charge in [-0.1, -0.05) is 0 Å². The molecular formula is C15H16F3N5O2. The van der Waals surface area contributed by atoms with Crippen molar-refractivity contribution in [2.24, 2.45) is 7.05 Å². The molecule has 0 radical (unpaired) electrons. The van der Waals surface area contributed by atoms with Crippen LogP contribution in [0.5, 0.6) is 0 Å². The first-order chi connectivity index (χ1) is 11.6. The Bertz CT molecular complexity index is 895. The highest BCUT2D eigenvalue weighted by atomic mass is 19.4. The smallest absolute Gasteiger partial charge is 0.429 e. The maximum Gasteiger partial charge on any atom is 0.429 e. The highest BCUT2D eigenvalue weighted by Crippen LogP contribution is 2.45. The van der Waals surface area contributed by atoms with Gasteiger partial charge in [-0.2, -0.15) is 18.3 Å². The van der Waals surface area contributed by atoms with Gasteiger partial charge in [-0.25, -0.2) is 9.67 Å². The van der Waals surface area contributed by atoms with Crippen LogP contribution >= 0.6 is 0 Å². The summed E-state index contributed by atoms with van der Waals surface area (Å²) in [5.74, 6) is 0.212. The number of aliphatic hydroxyl groups is 1. The molecule has 0 aromatic carbocycles. The van der Waals surface area contributed by atoms with Crippen LogP contribution in [0.1, 0.15) is 22.9 Å². The van der Waals surface area contributed by atoms with Crippen LogP contribution < -0.4 is 5.73 Å². The van der Waals surface area contributed by atoms with Gasteiger partial charge >= 0.3 is 6.18 Å². The molecule has 25 heavy (non-hydrogen) atoms. The van der Waals surface area contributed by atoms with Crippen molar-refractivity contribution in [1.29, 1.82) is 0 Å². The van der Waals surface area contributed by atoms with Gasteiger partial charge in [-0.05, 0) is 19.1 Å². The molecule has 1 unspecified atom stereocenters. The molecule has 0 saturated heterocycles. The van der Waals surface area contributed by atoms with Crippen LogP contribution in [0.3, 0.4) is 0 Å². The lowest BCUT2D eigenvalue weighted by atomic mass is 9.94. The minimum atomic E-state index is -5.05. The third-order valence-corrected chi connectivity index (χ3v) is 3.93. The first-order valence-electron chi connectivity index (χ1n) is 7.28. The topological polar surface area (TPSA) is 95.0 Å². The van der Waals surface area contributed by atoms with Gasteiger partial charge < -0.3 is 19.8 Å². The number of halogens is 3. The number of aromatic nitrogens is 4. The molecule has 3 heterocycles. The number of nitrogens with two attached hydrogens (primary N) is 1. The summed E-state index contributed by atoms with van der Waals surface area (Å²) in [5.41, 5.74) is 1.89. The molecule has 3 aromatic rings. The number of imidazole rings is 1. The van der Waals surface area contributed by atoms with Crippen LogP contribution in [0.4, 0.5) is 19.0 Å². The number of anilines is 1. The molecule has 3 rings (SSSR count). The Morgan fingerprint density at radius 3 is 2.56 bits per heavy atom. The first-order valence-corrected chi connectivity index (χ1v) is 7.28. The van der Waals surface area contributed by atoms with Crippen LogP contribution in [0.15, 0.2) is 35.1 Å². The van der Waals surface area contributed by atoms with Gasteiger partial charge in [0.25, 0.3) is 0 Å². The molecular weight excluding hydrogens is 339 g/mol. The third kappa shape index (κ3) is 2.68. The lowest BCUT2D eigenvalue weighted by Gasteiger charge is -2.29. The van der Waals surface area contributed by atoms with Crippen molar-refractivity contribution in [3.63, 3.8) is 0 Å². The lowest BCUT2D eigenvalue weighted by molar-refractivity contribution is -0.251. The number of hydrogen-bond acceptors (Lipinski definition) is 5. The molecule has 3 N–H and O–H groups in total. The SMILES string of the molecule is Cc1ccc(Cn2ncc(C(O)(c3nccn3C)C(F)(F)F)c2N)o1. The zero-order valence-electron chi connectivity index (χ0n) is 13.4. The predicted octanol–water partition coefficient (Wildman–Crippen LogP) is 1.95. The summed E-state index contributed by atoms with van der Waals surface area (Å²) in [7, 11) is 1.35. The predicted molar refractivity (Wildman–Crippen MR) is 81.4 cm³/mol. The van der Waals surface area contributed by atoms with E-state index in [1.807, 2.05) is 0 Å². The number of alkyl halides is 3. The molecule has 7 nitrogen and oxygen atoms in total. The van der Waals surface area contributed by atoms with E-state index in [9.17, 15) is 18.3 Å². The summed E-state index contributed by atoms with van der Waals surface area (Å²) < 4.78 is 48.8. The van der Waals surface area contributed by atoms with Gasteiger partial charge in [0.1, 0.15) is 23.9 Å². The zero-order chi connectivity index (χ0) is 18.4. The molecule has 0 saturated carbocycles. The first kappa shape index (κ1) is 17.1. The number of furan rings is 1. The largest absolute Gasteiger partial charge is 0.464 e. The molecule has 134 valence electrons. The van der Waals surface area contributed by atoms with Crippen LogP contribution in [-0.2, 0) is 19.2 Å². The fraction of sp³-hybridized carbons (Fsp3) is 0.333. The van der Waals surface area contributed by atoms with Crippen LogP contribution in [0, 0.1) is 6.92 Å². The Balaban J connectivity index is 2.08. The molecule has 1 atom stereocenters. The van der Waals surface area contributed by atoms with Gasteiger partial charge in [0.2, 0.25) is 5.60 Å². The monoisotopic (exact) mass is 355 g/mol. The highest BCUT2D eigenvalue weighted by molar-refractivity contribution is 5.47. The molecule has 3 aromatic heterocycles. The van der Waals surface area contributed by atoms with E-state index < -0.39 is 23.2 Å². The van der Waals surface area contributed by atoms with Gasteiger partial charge in [0, 0.05) is 19.4 Å². The van der Waals surface area contributed by atoms with Crippen LogP contribution in [-0.4, -0.2) is 30.6 Å². The van der Waals surface area contributed by atoms with Crippen LogP contribution in [0.2, 0.25) is 0 Å². The van der Waals surface area contributed by atoms with Crippen molar-refractivity contribution in [2.75, 3.05) is 5.73 Å². The Morgan fingerprint density at radius 2 is 2.04 bits per heavy atom. The second-order valence-electron chi connectivity index (χ2n) is 5.68. The summed E-state index contributed by atoms with van der Waals surface area (Å²) in [6, 6.07) is 3.39. The van der Waals surface area contributed by atoms with E-state index in [0.29, 0.717) is 11.5 Å². The van der Waals surface area contributed by atoms with E-state index in [4.69, 9.17) is 10.2 Å². The maximum atomic E-state index is 13.7. The van der Waals surface area contributed by atoms with E-state index in [1.54, 1.807) is 19.1 Å². The molecule has 0 amide bonds. The van der Waals surface area contributed by atoms with Crippen molar-refractivity contribution in [1.82, 2.24) is 19.3 Å². The van der Waals surface area contributed by atoms with E-state index in [0.717, 1.165) is 21.6 Å². The average Bonchev–Trinajstić information content (AvgIpc) is 3.21. The average molecular weight is 355 g/mol. The number of hydrogen-bond donors (Lipinski definition) is 2. The van der Waals surface area contributed by atoms with Gasteiger partial charge in [-0.15, -0.1) is 0 Å². The van der Waals surface area contributed by atoms with Crippen LogP contribution in [0.25, 0.3) is 0 Å². The summed E-state index contributed by atoms with van der Waals surface area (Å²) >= 11 is 0. The van der Waals surface area contributed by atoms with Crippen molar-refractivity contribution >= 4 is 5.82 Å². The van der Waals surface area contributed by atoms with Crippen molar-refractivity contribution < 1.29 is 22.7 Å². The molecule has 0 aliphatic heterocycles. The van der Waals surface area contributed by atoms with E-state index in [2.05, 4.69) is 10.1 Å². The molecule has 0 bridgehead atoms. The fourth-order valence-corrected chi connectivity index (χ4v) is 2.63. The summed E-state index contributed by atoms with van der Waals surface area (Å²) in [4.78, 5) is 3.65. The molecule has 0 aliphatic carbocycles. The minimum Gasteiger partial charge on any atom is -0.464 e. The normalized spacial score (nSPS) is 14.6. The van der Waals surface area contributed by atoms with E-state index in [1.165, 1.54) is 13.2 Å². The Morgan fingerprint density at radius 1 is 1.32 bits per heavy atom. The van der Waals surface area contributed by atoms with Gasteiger partial charge in [-0.3, -0.25) is 0 Å².